The molecule has 168 valence electrons. The Balaban J connectivity index is 1.90. The van der Waals surface area contributed by atoms with E-state index in [2.05, 4.69) is 10.0 Å². The topological polar surface area (TPSA) is 84.5 Å². The third-order valence-electron chi connectivity index (χ3n) is 5.19. The molecule has 0 spiro atoms. The summed E-state index contributed by atoms with van der Waals surface area (Å²) in [4.78, 5) is 13.3. The molecule has 0 saturated heterocycles. The van der Waals surface area contributed by atoms with Crippen molar-refractivity contribution in [2.24, 2.45) is 0 Å². The predicted molar refractivity (Wildman–Crippen MR) is 127 cm³/mol. The first-order chi connectivity index (χ1) is 15.2. The molecule has 0 aliphatic rings. The number of hydrogen-bond acceptors (Lipinski definition) is 4. The number of benzene rings is 3. The van der Waals surface area contributed by atoms with Gasteiger partial charge in [0.2, 0.25) is 15.9 Å². The lowest BCUT2D eigenvalue weighted by atomic mass is 10.0. The fraction of sp³-hybridized carbons (Fsp3) is 0.240. The first-order valence-electron chi connectivity index (χ1n) is 10.3. The van der Waals surface area contributed by atoms with Crippen LogP contribution in [-0.2, 0) is 21.2 Å². The van der Waals surface area contributed by atoms with E-state index in [4.69, 9.17) is 4.74 Å². The fourth-order valence-corrected chi connectivity index (χ4v) is 4.83. The van der Waals surface area contributed by atoms with Crippen molar-refractivity contribution in [2.75, 3.05) is 12.4 Å². The number of methoxy groups -OCH3 is 1. The summed E-state index contributed by atoms with van der Waals surface area (Å²) in [5.41, 5.74) is 4.49. The summed E-state index contributed by atoms with van der Waals surface area (Å²) in [6.45, 7) is 5.83. The van der Waals surface area contributed by atoms with Gasteiger partial charge in [-0.3, -0.25) is 4.79 Å². The van der Waals surface area contributed by atoms with Gasteiger partial charge in [-0.15, -0.1) is 0 Å². The molecule has 3 aromatic carbocycles. The first-order valence-corrected chi connectivity index (χ1v) is 11.8. The Hall–Kier alpha value is -3.16. The smallest absolute Gasteiger partial charge is 0.242 e. The molecule has 3 rings (SSSR count). The van der Waals surface area contributed by atoms with Crippen molar-refractivity contribution >= 4 is 21.6 Å². The van der Waals surface area contributed by atoms with Crippen molar-refractivity contribution in [2.45, 2.75) is 38.1 Å². The number of anilines is 1. The van der Waals surface area contributed by atoms with Crippen molar-refractivity contribution < 1.29 is 17.9 Å². The lowest BCUT2D eigenvalue weighted by Gasteiger charge is -2.21. The number of carbonyl (C=O) groups is 1. The molecule has 1 atom stereocenters. The highest BCUT2D eigenvalue weighted by atomic mass is 32.2. The van der Waals surface area contributed by atoms with Crippen LogP contribution in [0.4, 0.5) is 5.69 Å². The van der Waals surface area contributed by atoms with Crippen LogP contribution in [0.3, 0.4) is 0 Å². The van der Waals surface area contributed by atoms with E-state index in [9.17, 15) is 13.2 Å². The van der Waals surface area contributed by atoms with Crippen molar-refractivity contribution in [1.29, 1.82) is 0 Å². The Bertz CT molecular complexity index is 1170. The molecular formula is C25H28N2O4S. The number of hydrogen-bond donors (Lipinski definition) is 2. The molecule has 3 aromatic rings. The maximum Gasteiger partial charge on any atom is 0.242 e. The normalized spacial score (nSPS) is 12.2. The third-order valence-corrected chi connectivity index (χ3v) is 6.68. The van der Waals surface area contributed by atoms with E-state index in [1.807, 2.05) is 63.2 Å². The highest BCUT2D eigenvalue weighted by molar-refractivity contribution is 7.89. The third kappa shape index (κ3) is 5.75. The minimum atomic E-state index is -3.94. The fourth-order valence-electron chi connectivity index (χ4n) is 3.64. The first kappa shape index (κ1) is 23.5. The summed E-state index contributed by atoms with van der Waals surface area (Å²) in [6.07, 6.45) is 0.214. The molecule has 7 heteroatoms. The standard InChI is InChI=1S/C25H28N2O4S/c1-17-14-18(2)24(19(3)15-17)26-25(28)23(16-20-8-6-5-7-9-20)27-32(29,30)22-12-10-21(31-4)11-13-22/h5-15,23,27H,16H2,1-4H3,(H,26,28). The molecule has 2 N–H and O–H groups in total. The van der Waals surface area contributed by atoms with E-state index in [1.54, 1.807) is 12.1 Å². The van der Waals surface area contributed by atoms with Gasteiger partial charge in [0.15, 0.2) is 0 Å². The Morgan fingerprint density at radius 1 is 0.938 bits per heavy atom. The van der Waals surface area contributed by atoms with Gasteiger partial charge in [0.1, 0.15) is 11.8 Å². The van der Waals surface area contributed by atoms with Crippen LogP contribution in [-0.4, -0.2) is 27.5 Å². The SMILES string of the molecule is COc1ccc(S(=O)(=O)NC(Cc2ccccc2)C(=O)Nc2c(C)cc(C)cc2C)cc1. The monoisotopic (exact) mass is 452 g/mol. The Labute approximate surface area is 189 Å². The predicted octanol–water partition coefficient (Wildman–Crippen LogP) is 4.15. The largest absolute Gasteiger partial charge is 0.497 e. The van der Waals surface area contributed by atoms with Crippen LogP contribution in [0.5, 0.6) is 5.75 Å². The second-order valence-corrected chi connectivity index (χ2v) is 9.52. The summed E-state index contributed by atoms with van der Waals surface area (Å²) in [7, 11) is -2.42. The summed E-state index contributed by atoms with van der Waals surface area (Å²) in [6, 6.07) is 18.3. The number of carbonyl (C=O) groups excluding carboxylic acids is 1. The lowest BCUT2D eigenvalue weighted by molar-refractivity contribution is -0.117. The highest BCUT2D eigenvalue weighted by Crippen LogP contribution is 2.23. The number of nitrogens with one attached hydrogen (secondary N) is 2. The summed E-state index contributed by atoms with van der Waals surface area (Å²) >= 11 is 0. The zero-order valence-electron chi connectivity index (χ0n) is 18.7. The van der Waals surface area contributed by atoms with E-state index >= 15 is 0 Å². The van der Waals surface area contributed by atoms with Gasteiger partial charge in [0, 0.05) is 5.69 Å². The minimum Gasteiger partial charge on any atom is -0.497 e. The number of amides is 1. The number of sulfonamides is 1. The maximum atomic E-state index is 13.3. The molecule has 0 bridgehead atoms. The van der Waals surface area contributed by atoms with Gasteiger partial charge in [-0.2, -0.15) is 4.72 Å². The molecule has 0 heterocycles. The van der Waals surface area contributed by atoms with Crippen molar-refractivity contribution in [3.8, 4) is 5.75 Å². The van der Waals surface area contributed by atoms with Gasteiger partial charge >= 0.3 is 0 Å². The molecular weight excluding hydrogens is 424 g/mol. The molecule has 32 heavy (non-hydrogen) atoms. The molecule has 1 amide bonds. The molecule has 6 nitrogen and oxygen atoms in total. The number of ether oxygens (including phenoxy) is 1. The summed E-state index contributed by atoms with van der Waals surface area (Å²) in [5.74, 6) is 0.133. The van der Waals surface area contributed by atoms with Gasteiger partial charge < -0.3 is 10.1 Å². The Morgan fingerprint density at radius 3 is 2.09 bits per heavy atom. The molecule has 0 aliphatic carbocycles. The maximum absolute atomic E-state index is 13.3. The van der Waals surface area contributed by atoms with Crippen LogP contribution < -0.4 is 14.8 Å². The second-order valence-electron chi connectivity index (χ2n) is 7.80. The molecule has 0 aliphatic heterocycles. The van der Waals surface area contributed by atoms with Crippen LogP contribution in [0.1, 0.15) is 22.3 Å². The molecule has 1 unspecified atom stereocenters. The van der Waals surface area contributed by atoms with Crippen LogP contribution in [0.15, 0.2) is 71.6 Å². The van der Waals surface area contributed by atoms with E-state index in [-0.39, 0.29) is 11.3 Å². The Morgan fingerprint density at radius 2 is 1.53 bits per heavy atom. The van der Waals surface area contributed by atoms with Gasteiger partial charge in [0.05, 0.1) is 12.0 Å². The van der Waals surface area contributed by atoms with E-state index < -0.39 is 22.0 Å². The van der Waals surface area contributed by atoms with Crippen LogP contribution >= 0.6 is 0 Å². The molecule has 0 fully saturated rings. The van der Waals surface area contributed by atoms with Crippen LogP contribution in [0.25, 0.3) is 0 Å². The summed E-state index contributed by atoms with van der Waals surface area (Å²) in [5, 5.41) is 2.93. The van der Waals surface area contributed by atoms with Gasteiger partial charge in [-0.05, 0) is 68.1 Å². The van der Waals surface area contributed by atoms with Crippen molar-refractivity contribution in [1.82, 2.24) is 4.72 Å². The van der Waals surface area contributed by atoms with E-state index in [0.717, 1.165) is 22.3 Å². The zero-order valence-corrected chi connectivity index (χ0v) is 19.5. The highest BCUT2D eigenvalue weighted by Gasteiger charge is 2.27. The number of aryl methyl sites for hydroxylation is 3. The molecule has 0 aromatic heterocycles. The van der Waals surface area contributed by atoms with Crippen LogP contribution in [0.2, 0.25) is 0 Å². The van der Waals surface area contributed by atoms with Crippen molar-refractivity contribution in [3.63, 3.8) is 0 Å². The lowest BCUT2D eigenvalue weighted by Crippen LogP contribution is -2.45. The zero-order chi connectivity index (χ0) is 23.3. The minimum absolute atomic E-state index is 0.0619. The average Bonchev–Trinajstić information content (AvgIpc) is 2.76. The average molecular weight is 453 g/mol. The van der Waals surface area contributed by atoms with Gasteiger partial charge in [-0.1, -0.05) is 48.0 Å². The second kappa shape index (κ2) is 9.97. The molecule has 0 saturated carbocycles. The Kier molecular flexibility index (Phi) is 7.33. The van der Waals surface area contributed by atoms with Crippen molar-refractivity contribution in [3.05, 3.63) is 89.0 Å². The van der Waals surface area contributed by atoms with Gasteiger partial charge in [-0.25, -0.2) is 8.42 Å². The van der Waals surface area contributed by atoms with Gasteiger partial charge in [0.25, 0.3) is 0 Å². The van der Waals surface area contributed by atoms with Crippen LogP contribution in [0, 0.1) is 20.8 Å². The summed E-state index contributed by atoms with van der Waals surface area (Å²) < 4.78 is 33.8. The number of rotatable bonds is 8. The van der Waals surface area contributed by atoms with E-state index in [1.165, 1.54) is 19.2 Å². The molecule has 0 radical (unpaired) electrons. The quantitative estimate of drug-likeness (QED) is 0.538. The van der Waals surface area contributed by atoms with E-state index in [0.29, 0.717) is 11.4 Å².